The molecule has 1 atom stereocenters. The molecule has 1 aliphatic carbocycles. The van der Waals surface area contributed by atoms with Crippen molar-refractivity contribution in [3.05, 3.63) is 108 Å². The molecule has 7 nitrogen and oxygen atoms in total. The van der Waals surface area contributed by atoms with E-state index in [1.54, 1.807) is 12.0 Å². The van der Waals surface area contributed by atoms with E-state index >= 15 is 0 Å². The number of carbonyl (C=O) groups is 2. The number of ether oxygens (including phenoxy) is 1. The molecule has 198 valence electrons. The highest BCUT2D eigenvalue weighted by Gasteiger charge is 2.40. The average Bonchev–Trinajstić information content (AvgIpc) is 3.70. The number of urea groups is 1. The SMILES string of the molecule is CCc1cccc(NC(=O)N(CC(=O)N2c3ccccc3-n3cccc3C2c2ccc(OC)cc2)C2CC2)c1. The van der Waals surface area contributed by atoms with E-state index in [0.717, 1.165) is 58.9 Å². The Morgan fingerprint density at radius 3 is 2.44 bits per heavy atom. The monoisotopic (exact) mass is 520 g/mol. The molecule has 6 rings (SSSR count). The van der Waals surface area contributed by atoms with Gasteiger partial charge < -0.3 is 19.5 Å². The predicted molar refractivity (Wildman–Crippen MR) is 153 cm³/mol. The Morgan fingerprint density at radius 1 is 0.949 bits per heavy atom. The molecule has 1 fully saturated rings. The molecule has 3 amide bonds. The van der Waals surface area contributed by atoms with E-state index in [-0.39, 0.29) is 30.6 Å². The molecule has 0 radical (unpaired) electrons. The lowest BCUT2D eigenvalue weighted by Crippen LogP contribution is -2.48. The number of carbonyl (C=O) groups excluding carboxylic acids is 2. The molecule has 0 spiro atoms. The van der Waals surface area contributed by atoms with Crippen molar-refractivity contribution in [2.75, 3.05) is 23.9 Å². The highest BCUT2D eigenvalue weighted by Crippen LogP contribution is 2.43. The molecule has 39 heavy (non-hydrogen) atoms. The van der Waals surface area contributed by atoms with Crippen LogP contribution in [0.2, 0.25) is 0 Å². The van der Waals surface area contributed by atoms with Crippen molar-refractivity contribution in [3.63, 3.8) is 0 Å². The van der Waals surface area contributed by atoms with Crippen LogP contribution in [-0.4, -0.2) is 41.1 Å². The number of anilines is 2. The van der Waals surface area contributed by atoms with Crippen molar-refractivity contribution in [2.24, 2.45) is 0 Å². The van der Waals surface area contributed by atoms with Gasteiger partial charge in [0.15, 0.2) is 0 Å². The Kier molecular flexibility index (Phi) is 6.57. The maximum atomic E-state index is 14.3. The van der Waals surface area contributed by atoms with Gasteiger partial charge in [0.2, 0.25) is 5.91 Å². The third kappa shape index (κ3) is 4.76. The van der Waals surface area contributed by atoms with Crippen LogP contribution in [0.4, 0.5) is 16.2 Å². The van der Waals surface area contributed by atoms with Crippen molar-refractivity contribution < 1.29 is 14.3 Å². The van der Waals surface area contributed by atoms with Crippen LogP contribution in [-0.2, 0) is 11.2 Å². The Balaban J connectivity index is 1.34. The molecule has 2 heterocycles. The summed E-state index contributed by atoms with van der Waals surface area (Å²) >= 11 is 0. The second-order valence-electron chi connectivity index (χ2n) is 10.1. The van der Waals surface area contributed by atoms with Gasteiger partial charge in [-0.2, -0.15) is 0 Å². The molecular weight excluding hydrogens is 488 g/mol. The molecule has 1 N–H and O–H groups in total. The van der Waals surface area contributed by atoms with Gasteiger partial charge in [-0.05, 0) is 78.9 Å². The smallest absolute Gasteiger partial charge is 0.322 e. The minimum Gasteiger partial charge on any atom is -0.497 e. The zero-order valence-electron chi connectivity index (χ0n) is 22.2. The predicted octanol–water partition coefficient (Wildman–Crippen LogP) is 6.18. The lowest BCUT2D eigenvalue weighted by atomic mass is 9.97. The average molecular weight is 521 g/mol. The van der Waals surface area contributed by atoms with E-state index < -0.39 is 0 Å². The Morgan fingerprint density at radius 2 is 1.72 bits per heavy atom. The first-order valence-electron chi connectivity index (χ1n) is 13.5. The zero-order valence-corrected chi connectivity index (χ0v) is 22.2. The molecule has 0 bridgehead atoms. The summed E-state index contributed by atoms with van der Waals surface area (Å²) in [5.74, 6) is 0.631. The van der Waals surface area contributed by atoms with E-state index in [4.69, 9.17) is 4.74 Å². The van der Waals surface area contributed by atoms with Crippen LogP contribution < -0.4 is 15.0 Å². The largest absolute Gasteiger partial charge is 0.497 e. The fraction of sp³-hybridized carbons (Fsp3) is 0.250. The Bertz CT molecular complexity index is 1510. The second-order valence-corrected chi connectivity index (χ2v) is 10.1. The maximum absolute atomic E-state index is 14.3. The fourth-order valence-corrected chi connectivity index (χ4v) is 5.40. The summed E-state index contributed by atoms with van der Waals surface area (Å²) < 4.78 is 7.52. The molecule has 1 aliphatic heterocycles. The number of rotatable bonds is 7. The standard InChI is InChI=1S/C32H32N4O3/c1-3-22-8-6-9-24(20-22)33-32(38)35(25-15-16-25)21-30(37)36-28-11-5-4-10-27(28)34-19-7-12-29(34)31(36)23-13-17-26(39-2)18-14-23/h4-14,17-20,25,31H,3,15-16,21H2,1-2H3,(H,33,38). The Hall–Kier alpha value is -4.52. The van der Waals surface area contributed by atoms with Crippen molar-refractivity contribution in [1.29, 1.82) is 0 Å². The van der Waals surface area contributed by atoms with Crippen LogP contribution in [0.25, 0.3) is 5.69 Å². The molecule has 7 heteroatoms. The quantitative estimate of drug-likeness (QED) is 0.316. The minimum atomic E-state index is -0.348. The van der Waals surface area contributed by atoms with Crippen molar-refractivity contribution in [2.45, 2.75) is 38.3 Å². The van der Waals surface area contributed by atoms with Gasteiger partial charge in [-0.25, -0.2) is 4.79 Å². The number of fused-ring (bicyclic) bond motifs is 3. The maximum Gasteiger partial charge on any atom is 0.322 e. The summed E-state index contributed by atoms with van der Waals surface area (Å²) in [7, 11) is 1.64. The molecule has 4 aromatic rings. The van der Waals surface area contributed by atoms with Crippen molar-refractivity contribution in [1.82, 2.24) is 9.47 Å². The van der Waals surface area contributed by atoms with Crippen molar-refractivity contribution >= 4 is 23.3 Å². The number of methoxy groups -OCH3 is 1. The molecule has 1 saturated carbocycles. The van der Waals surface area contributed by atoms with Crippen LogP contribution in [0.5, 0.6) is 5.75 Å². The highest BCUT2D eigenvalue weighted by atomic mass is 16.5. The molecule has 2 aliphatic rings. The van der Waals surface area contributed by atoms with Crippen LogP contribution in [0.3, 0.4) is 0 Å². The summed E-state index contributed by atoms with van der Waals surface area (Å²) in [5, 5.41) is 3.03. The second kappa shape index (κ2) is 10.3. The first-order valence-corrected chi connectivity index (χ1v) is 13.5. The first kappa shape index (κ1) is 24.8. The van der Waals surface area contributed by atoms with E-state index in [9.17, 15) is 9.59 Å². The molecular formula is C32H32N4O3. The number of aryl methyl sites for hydroxylation is 1. The summed E-state index contributed by atoms with van der Waals surface area (Å²) in [6.45, 7) is 2.08. The molecule has 1 aromatic heterocycles. The lowest BCUT2D eigenvalue weighted by Gasteiger charge is -2.39. The van der Waals surface area contributed by atoms with E-state index in [1.165, 1.54) is 0 Å². The molecule has 3 aromatic carbocycles. The van der Waals surface area contributed by atoms with E-state index in [1.807, 2.05) is 90.0 Å². The van der Waals surface area contributed by atoms with Crippen LogP contribution in [0.1, 0.15) is 42.6 Å². The lowest BCUT2D eigenvalue weighted by molar-refractivity contribution is -0.119. The van der Waals surface area contributed by atoms with Gasteiger partial charge in [0.25, 0.3) is 0 Å². The van der Waals surface area contributed by atoms with Crippen LogP contribution >= 0.6 is 0 Å². The van der Waals surface area contributed by atoms with Gasteiger partial charge in [-0.3, -0.25) is 9.69 Å². The number of amides is 3. The van der Waals surface area contributed by atoms with Gasteiger partial charge in [-0.15, -0.1) is 0 Å². The third-order valence-corrected chi connectivity index (χ3v) is 7.56. The van der Waals surface area contributed by atoms with Crippen molar-refractivity contribution in [3.8, 4) is 11.4 Å². The van der Waals surface area contributed by atoms with Crippen LogP contribution in [0, 0.1) is 0 Å². The fourth-order valence-electron chi connectivity index (χ4n) is 5.40. The number of hydrogen-bond donors (Lipinski definition) is 1. The van der Waals surface area contributed by atoms with Gasteiger partial charge in [0, 0.05) is 17.9 Å². The van der Waals surface area contributed by atoms with Gasteiger partial charge in [0.05, 0.1) is 24.2 Å². The Labute approximate surface area is 228 Å². The third-order valence-electron chi connectivity index (χ3n) is 7.56. The van der Waals surface area contributed by atoms with Gasteiger partial charge in [-0.1, -0.05) is 43.3 Å². The number of aromatic nitrogens is 1. The molecule has 0 saturated heterocycles. The molecule has 1 unspecified atom stereocenters. The number of benzene rings is 3. The number of nitrogens with one attached hydrogen (secondary N) is 1. The summed E-state index contributed by atoms with van der Waals surface area (Å²) in [5.41, 5.74) is 5.61. The summed E-state index contributed by atoms with van der Waals surface area (Å²) in [6.07, 6.45) is 4.71. The first-order chi connectivity index (χ1) is 19.1. The zero-order chi connectivity index (χ0) is 26.9. The minimum absolute atomic E-state index is 0.00827. The van der Waals surface area contributed by atoms with Crippen LogP contribution in [0.15, 0.2) is 91.1 Å². The van der Waals surface area contributed by atoms with E-state index in [0.29, 0.717) is 0 Å². The van der Waals surface area contributed by atoms with Gasteiger partial charge >= 0.3 is 6.03 Å². The van der Waals surface area contributed by atoms with Gasteiger partial charge in [0.1, 0.15) is 18.3 Å². The summed E-state index contributed by atoms with van der Waals surface area (Å²) in [6, 6.07) is 27.2. The number of para-hydroxylation sites is 2. The number of nitrogens with zero attached hydrogens (tertiary/aromatic N) is 3. The van der Waals surface area contributed by atoms with E-state index in [2.05, 4.69) is 22.9 Å². The normalized spacial score (nSPS) is 15.7. The highest BCUT2D eigenvalue weighted by molar-refractivity contribution is 6.01. The summed E-state index contributed by atoms with van der Waals surface area (Å²) in [4.78, 5) is 31.3. The number of hydrogen-bond acceptors (Lipinski definition) is 3. The topological polar surface area (TPSA) is 66.8 Å².